The van der Waals surface area contributed by atoms with Gasteiger partial charge >= 0.3 is 0 Å². The summed E-state index contributed by atoms with van der Waals surface area (Å²) >= 11 is 0. The summed E-state index contributed by atoms with van der Waals surface area (Å²) in [4.78, 5) is 5.24. The van der Waals surface area contributed by atoms with Crippen LogP contribution in [0, 0.1) is 5.92 Å². The van der Waals surface area contributed by atoms with Gasteiger partial charge in [0.1, 0.15) is 0 Å². The van der Waals surface area contributed by atoms with Crippen molar-refractivity contribution in [3.63, 3.8) is 0 Å². The molecule has 2 rings (SSSR count). The van der Waals surface area contributed by atoms with Crippen molar-refractivity contribution in [2.45, 2.75) is 45.2 Å². The van der Waals surface area contributed by atoms with Gasteiger partial charge in [0.25, 0.3) is 0 Å². The maximum atomic E-state index is 3.51. The van der Waals surface area contributed by atoms with E-state index in [-0.39, 0.29) is 0 Å². The van der Waals surface area contributed by atoms with Gasteiger partial charge in [-0.05, 0) is 52.7 Å². The van der Waals surface area contributed by atoms with E-state index in [9.17, 15) is 0 Å². The lowest BCUT2D eigenvalue weighted by Gasteiger charge is -2.52. The van der Waals surface area contributed by atoms with Gasteiger partial charge in [-0.25, -0.2) is 0 Å². The molecule has 3 heteroatoms. The average Bonchev–Trinajstić information content (AvgIpc) is 2.22. The Balaban J connectivity index is 1.86. The third-order valence-electron chi connectivity index (χ3n) is 4.85. The van der Waals surface area contributed by atoms with Crippen molar-refractivity contribution in [3.05, 3.63) is 0 Å². The molecule has 2 atom stereocenters. The molecule has 3 nitrogen and oxygen atoms in total. The van der Waals surface area contributed by atoms with Crippen molar-refractivity contribution < 1.29 is 0 Å². The second-order valence-electron chi connectivity index (χ2n) is 6.42. The average molecular weight is 239 g/mol. The zero-order valence-corrected chi connectivity index (χ0v) is 12.0. The SMILES string of the molecule is CCNCC1CCC1N1CCN(C)C(C)(C)C1. The molecule has 0 radical (unpaired) electrons. The van der Waals surface area contributed by atoms with Crippen LogP contribution in [0.15, 0.2) is 0 Å². The van der Waals surface area contributed by atoms with Crippen LogP contribution in [-0.4, -0.2) is 61.2 Å². The van der Waals surface area contributed by atoms with E-state index in [4.69, 9.17) is 0 Å². The fraction of sp³-hybridized carbons (Fsp3) is 1.00. The zero-order chi connectivity index (χ0) is 12.5. The molecule has 0 aromatic heterocycles. The van der Waals surface area contributed by atoms with Gasteiger partial charge in [0.2, 0.25) is 0 Å². The van der Waals surface area contributed by atoms with Crippen molar-refractivity contribution in [2.75, 3.05) is 39.8 Å². The van der Waals surface area contributed by atoms with Gasteiger partial charge in [0.05, 0.1) is 0 Å². The fourth-order valence-corrected chi connectivity index (χ4v) is 3.16. The molecule has 0 spiro atoms. The minimum atomic E-state index is 0.344. The Kier molecular flexibility index (Phi) is 4.11. The minimum absolute atomic E-state index is 0.344. The molecule has 0 aromatic carbocycles. The first-order chi connectivity index (χ1) is 8.04. The van der Waals surface area contributed by atoms with Gasteiger partial charge in [-0.1, -0.05) is 6.92 Å². The van der Waals surface area contributed by atoms with Gasteiger partial charge in [0, 0.05) is 31.2 Å². The van der Waals surface area contributed by atoms with Crippen LogP contribution in [0.4, 0.5) is 0 Å². The highest BCUT2D eigenvalue weighted by atomic mass is 15.3. The summed E-state index contributed by atoms with van der Waals surface area (Å²) in [7, 11) is 2.26. The van der Waals surface area contributed by atoms with Crippen LogP contribution in [0.3, 0.4) is 0 Å². The fourth-order valence-electron chi connectivity index (χ4n) is 3.16. The van der Waals surface area contributed by atoms with E-state index in [2.05, 4.69) is 42.9 Å². The largest absolute Gasteiger partial charge is 0.317 e. The first-order valence-electron chi connectivity index (χ1n) is 7.20. The lowest BCUT2D eigenvalue weighted by atomic mass is 9.77. The van der Waals surface area contributed by atoms with Crippen LogP contribution >= 0.6 is 0 Å². The van der Waals surface area contributed by atoms with Crippen molar-refractivity contribution in [1.29, 1.82) is 0 Å². The van der Waals surface area contributed by atoms with Gasteiger partial charge in [-0.3, -0.25) is 9.80 Å². The predicted molar refractivity (Wildman–Crippen MR) is 73.3 cm³/mol. The quantitative estimate of drug-likeness (QED) is 0.800. The molecule has 0 amide bonds. The lowest BCUT2D eigenvalue weighted by molar-refractivity contribution is -0.0272. The molecule has 1 saturated carbocycles. The standard InChI is InChI=1S/C14H29N3/c1-5-15-10-12-6-7-13(12)17-9-8-16(4)14(2,3)11-17/h12-13,15H,5-11H2,1-4H3. The summed E-state index contributed by atoms with van der Waals surface area (Å²) in [5.41, 5.74) is 0.344. The first kappa shape index (κ1) is 13.3. The molecular weight excluding hydrogens is 210 g/mol. The Morgan fingerprint density at radius 2 is 2.00 bits per heavy atom. The van der Waals surface area contributed by atoms with E-state index in [1.54, 1.807) is 0 Å². The van der Waals surface area contributed by atoms with E-state index in [0.29, 0.717) is 5.54 Å². The number of hydrogen-bond donors (Lipinski definition) is 1. The van der Waals surface area contributed by atoms with Gasteiger partial charge in [-0.2, -0.15) is 0 Å². The molecule has 1 aliphatic carbocycles. The van der Waals surface area contributed by atoms with Crippen LogP contribution < -0.4 is 5.32 Å². The molecular formula is C14H29N3. The maximum absolute atomic E-state index is 3.51. The summed E-state index contributed by atoms with van der Waals surface area (Å²) in [6.45, 7) is 13.0. The topological polar surface area (TPSA) is 18.5 Å². The predicted octanol–water partition coefficient (Wildman–Crippen LogP) is 1.40. The second-order valence-corrected chi connectivity index (χ2v) is 6.42. The molecule has 17 heavy (non-hydrogen) atoms. The molecule has 0 bridgehead atoms. The van der Waals surface area contributed by atoms with Crippen molar-refractivity contribution in [1.82, 2.24) is 15.1 Å². The Hall–Kier alpha value is -0.120. The van der Waals surface area contributed by atoms with Crippen LogP contribution in [0.25, 0.3) is 0 Å². The number of likely N-dealkylation sites (N-methyl/N-ethyl adjacent to an activating group) is 1. The molecule has 1 saturated heterocycles. The monoisotopic (exact) mass is 239 g/mol. The van der Waals surface area contributed by atoms with Crippen LogP contribution in [0.5, 0.6) is 0 Å². The number of nitrogens with one attached hydrogen (secondary N) is 1. The van der Waals surface area contributed by atoms with Crippen LogP contribution in [0.1, 0.15) is 33.6 Å². The third kappa shape index (κ3) is 2.83. The van der Waals surface area contributed by atoms with Crippen molar-refractivity contribution in [2.24, 2.45) is 5.92 Å². The molecule has 2 unspecified atom stereocenters. The lowest BCUT2D eigenvalue weighted by Crippen LogP contribution is -2.63. The molecule has 100 valence electrons. The number of hydrogen-bond acceptors (Lipinski definition) is 3. The van der Waals surface area contributed by atoms with Crippen LogP contribution in [0.2, 0.25) is 0 Å². The van der Waals surface area contributed by atoms with Crippen molar-refractivity contribution >= 4 is 0 Å². The Morgan fingerprint density at radius 3 is 2.53 bits per heavy atom. The Bertz CT molecular complexity index is 252. The van der Waals surface area contributed by atoms with Gasteiger partial charge in [-0.15, -0.1) is 0 Å². The highest BCUT2D eigenvalue weighted by Crippen LogP contribution is 2.34. The zero-order valence-electron chi connectivity index (χ0n) is 12.0. The number of rotatable bonds is 4. The van der Waals surface area contributed by atoms with E-state index >= 15 is 0 Å². The first-order valence-corrected chi connectivity index (χ1v) is 7.20. The molecule has 2 fully saturated rings. The summed E-state index contributed by atoms with van der Waals surface area (Å²) in [6, 6.07) is 0.849. The Morgan fingerprint density at radius 1 is 1.24 bits per heavy atom. The number of piperazine rings is 1. The smallest absolute Gasteiger partial charge is 0.0277 e. The molecule has 0 aromatic rings. The molecule has 1 aliphatic heterocycles. The summed E-state index contributed by atoms with van der Waals surface area (Å²) in [5, 5.41) is 3.51. The van der Waals surface area contributed by atoms with E-state index in [1.807, 2.05) is 0 Å². The highest BCUT2D eigenvalue weighted by molar-refractivity contribution is 4.96. The molecule has 2 aliphatic rings. The summed E-state index contributed by atoms with van der Waals surface area (Å²) in [6.07, 6.45) is 2.83. The number of nitrogens with zero attached hydrogens (tertiary/aromatic N) is 2. The van der Waals surface area contributed by atoms with E-state index in [1.165, 1.54) is 39.0 Å². The second kappa shape index (κ2) is 5.25. The summed E-state index contributed by atoms with van der Waals surface area (Å²) < 4.78 is 0. The van der Waals surface area contributed by atoms with Gasteiger partial charge in [0.15, 0.2) is 0 Å². The van der Waals surface area contributed by atoms with E-state index in [0.717, 1.165) is 18.5 Å². The summed E-state index contributed by atoms with van der Waals surface area (Å²) in [5.74, 6) is 0.897. The Labute approximate surface area is 107 Å². The normalized spacial score (nSPS) is 34.6. The van der Waals surface area contributed by atoms with Crippen molar-refractivity contribution in [3.8, 4) is 0 Å². The van der Waals surface area contributed by atoms with Crippen LogP contribution in [-0.2, 0) is 0 Å². The minimum Gasteiger partial charge on any atom is -0.317 e. The molecule has 1 N–H and O–H groups in total. The molecule has 1 heterocycles. The van der Waals surface area contributed by atoms with Gasteiger partial charge < -0.3 is 5.32 Å². The van der Waals surface area contributed by atoms with E-state index < -0.39 is 0 Å². The third-order valence-corrected chi connectivity index (χ3v) is 4.85. The highest BCUT2D eigenvalue weighted by Gasteiger charge is 2.40. The maximum Gasteiger partial charge on any atom is 0.0277 e.